The highest BCUT2D eigenvalue weighted by Gasteiger charge is 2.29. The van der Waals surface area contributed by atoms with Crippen molar-refractivity contribution in [2.75, 3.05) is 23.3 Å². The Morgan fingerprint density at radius 1 is 1.35 bits per heavy atom. The number of para-hydroxylation sites is 2. The number of anilines is 2. The zero-order valence-electron chi connectivity index (χ0n) is 10.8. The SMILES string of the molecule is Nc1ccccc1NC(=O)CCCN1C(=O)CSC1=O. The summed E-state index contributed by atoms with van der Waals surface area (Å²) in [5.41, 5.74) is 6.79. The molecule has 1 aromatic carbocycles. The van der Waals surface area contributed by atoms with Crippen molar-refractivity contribution in [2.45, 2.75) is 12.8 Å². The number of hydrogen-bond donors (Lipinski definition) is 2. The third kappa shape index (κ3) is 3.51. The van der Waals surface area contributed by atoms with Crippen LogP contribution in [0.4, 0.5) is 16.2 Å². The number of rotatable bonds is 5. The fraction of sp³-hybridized carbons (Fsp3) is 0.308. The van der Waals surface area contributed by atoms with Crippen LogP contribution in [0.5, 0.6) is 0 Å². The predicted octanol–water partition coefficient (Wildman–Crippen LogP) is 1.68. The maximum atomic E-state index is 11.7. The predicted molar refractivity (Wildman–Crippen MR) is 78.3 cm³/mol. The van der Waals surface area contributed by atoms with E-state index in [0.717, 1.165) is 11.8 Å². The van der Waals surface area contributed by atoms with E-state index in [2.05, 4.69) is 5.32 Å². The van der Waals surface area contributed by atoms with E-state index >= 15 is 0 Å². The van der Waals surface area contributed by atoms with Crippen LogP contribution in [0, 0.1) is 0 Å². The van der Waals surface area contributed by atoms with Crippen LogP contribution in [0.25, 0.3) is 0 Å². The van der Waals surface area contributed by atoms with Crippen LogP contribution < -0.4 is 11.1 Å². The Kier molecular flexibility index (Phi) is 4.62. The molecule has 0 atom stereocenters. The summed E-state index contributed by atoms with van der Waals surface area (Å²) in [5, 5.41) is 2.47. The molecule has 1 fully saturated rings. The topological polar surface area (TPSA) is 92.5 Å². The van der Waals surface area contributed by atoms with E-state index in [-0.39, 0.29) is 35.8 Å². The number of carbonyl (C=O) groups is 3. The number of nitrogens with two attached hydrogens (primary N) is 1. The van der Waals surface area contributed by atoms with Gasteiger partial charge in [0, 0.05) is 13.0 Å². The normalized spacial score (nSPS) is 14.7. The first kappa shape index (κ1) is 14.4. The molecule has 7 heteroatoms. The van der Waals surface area contributed by atoms with E-state index in [1.807, 2.05) is 0 Å². The van der Waals surface area contributed by atoms with Crippen molar-refractivity contribution in [3.05, 3.63) is 24.3 Å². The number of benzene rings is 1. The van der Waals surface area contributed by atoms with Gasteiger partial charge in [0.05, 0.1) is 17.1 Å². The molecule has 20 heavy (non-hydrogen) atoms. The molecule has 0 radical (unpaired) electrons. The number of imide groups is 1. The Bertz CT molecular complexity index is 531. The van der Waals surface area contributed by atoms with Gasteiger partial charge in [-0.25, -0.2) is 0 Å². The highest BCUT2D eigenvalue weighted by atomic mass is 32.2. The molecule has 2 rings (SSSR count). The second kappa shape index (κ2) is 6.42. The van der Waals surface area contributed by atoms with Crippen molar-refractivity contribution >= 4 is 40.2 Å². The summed E-state index contributed by atoms with van der Waals surface area (Å²) in [6, 6.07) is 6.99. The number of nitrogens with zero attached hydrogens (tertiary/aromatic N) is 1. The highest BCUT2D eigenvalue weighted by Crippen LogP contribution is 2.20. The zero-order valence-corrected chi connectivity index (χ0v) is 11.6. The Balaban J connectivity index is 1.77. The van der Waals surface area contributed by atoms with Gasteiger partial charge in [-0.1, -0.05) is 23.9 Å². The zero-order chi connectivity index (χ0) is 14.5. The van der Waals surface area contributed by atoms with Crippen LogP contribution in [0.1, 0.15) is 12.8 Å². The van der Waals surface area contributed by atoms with E-state index in [0.29, 0.717) is 17.8 Å². The Hall–Kier alpha value is -2.02. The maximum absolute atomic E-state index is 11.7. The molecule has 0 spiro atoms. The minimum absolute atomic E-state index is 0.186. The molecule has 1 aliphatic rings. The van der Waals surface area contributed by atoms with Gasteiger partial charge in [-0.2, -0.15) is 0 Å². The van der Waals surface area contributed by atoms with Crippen molar-refractivity contribution in [1.29, 1.82) is 0 Å². The maximum Gasteiger partial charge on any atom is 0.288 e. The highest BCUT2D eigenvalue weighted by molar-refractivity contribution is 8.14. The van der Waals surface area contributed by atoms with Gasteiger partial charge in [0.25, 0.3) is 5.24 Å². The smallest absolute Gasteiger partial charge is 0.288 e. The van der Waals surface area contributed by atoms with Crippen LogP contribution in [0.3, 0.4) is 0 Å². The van der Waals surface area contributed by atoms with Crippen LogP contribution in [0.2, 0.25) is 0 Å². The van der Waals surface area contributed by atoms with Crippen LogP contribution in [0.15, 0.2) is 24.3 Å². The van der Waals surface area contributed by atoms with Gasteiger partial charge in [0.15, 0.2) is 0 Å². The number of thioether (sulfide) groups is 1. The molecule has 1 saturated heterocycles. The van der Waals surface area contributed by atoms with Gasteiger partial charge in [-0.05, 0) is 18.6 Å². The number of hydrogen-bond acceptors (Lipinski definition) is 5. The molecule has 0 bridgehead atoms. The average Bonchev–Trinajstić information content (AvgIpc) is 2.73. The minimum Gasteiger partial charge on any atom is -0.397 e. The van der Waals surface area contributed by atoms with Gasteiger partial charge in [0.1, 0.15) is 0 Å². The largest absolute Gasteiger partial charge is 0.397 e. The van der Waals surface area contributed by atoms with E-state index in [4.69, 9.17) is 5.73 Å². The lowest BCUT2D eigenvalue weighted by Crippen LogP contribution is -2.30. The molecule has 106 valence electrons. The molecular weight excluding hydrogens is 278 g/mol. The molecule has 6 nitrogen and oxygen atoms in total. The summed E-state index contributed by atoms with van der Waals surface area (Å²) < 4.78 is 0. The molecule has 1 aromatic rings. The molecule has 0 unspecified atom stereocenters. The second-order valence-corrected chi connectivity index (χ2v) is 5.27. The van der Waals surface area contributed by atoms with E-state index < -0.39 is 0 Å². The summed E-state index contributed by atoms with van der Waals surface area (Å²) >= 11 is 0.997. The molecule has 0 saturated carbocycles. The van der Waals surface area contributed by atoms with E-state index in [1.54, 1.807) is 24.3 Å². The van der Waals surface area contributed by atoms with Crippen molar-refractivity contribution in [2.24, 2.45) is 0 Å². The number of carbonyl (C=O) groups excluding carboxylic acids is 3. The molecule has 0 aromatic heterocycles. The molecule has 1 aliphatic heterocycles. The first-order chi connectivity index (χ1) is 9.58. The molecule has 3 N–H and O–H groups in total. The van der Waals surface area contributed by atoms with Gasteiger partial charge in [-0.15, -0.1) is 0 Å². The van der Waals surface area contributed by atoms with Crippen LogP contribution >= 0.6 is 11.8 Å². The first-order valence-electron chi connectivity index (χ1n) is 6.19. The average molecular weight is 293 g/mol. The van der Waals surface area contributed by atoms with Crippen LogP contribution in [-0.2, 0) is 9.59 Å². The van der Waals surface area contributed by atoms with E-state index in [9.17, 15) is 14.4 Å². The van der Waals surface area contributed by atoms with Gasteiger partial charge < -0.3 is 11.1 Å². The first-order valence-corrected chi connectivity index (χ1v) is 7.18. The van der Waals surface area contributed by atoms with Gasteiger partial charge >= 0.3 is 0 Å². The lowest BCUT2D eigenvalue weighted by Gasteiger charge is -2.12. The summed E-state index contributed by atoms with van der Waals surface area (Å²) in [6.45, 7) is 0.280. The summed E-state index contributed by atoms with van der Waals surface area (Å²) in [7, 11) is 0. The number of amides is 3. The lowest BCUT2D eigenvalue weighted by atomic mass is 10.2. The summed E-state index contributed by atoms with van der Waals surface area (Å²) in [6.07, 6.45) is 0.673. The van der Waals surface area contributed by atoms with Gasteiger partial charge in [-0.3, -0.25) is 19.3 Å². The van der Waals surface area contributed by atoms with Gasteiger partial charge in [0.2, 0.25) is 11.8 Å². The Labute approximate surface area is 120 Å². The molecule has 0 aliphatic carbocycles. The monoisotopic (exact) mass is 293 g/mol. The third-order valence-corrected chi connectivity index (χ3v) is 3.72. The van der Waals surface area contributed by atoms with Crippen molar-refractivity contribution in [3.63, 3.8) is 0 Å². The summed E-state index contributed by atoms with van der Waals surface area (Å²) in [4.78, 5) is 35.6. The molecule has 3 amide bonds. The fourth-order valence-electron chi connectivity index (χ4n) is 1.82. The van der Waals surface area contributed by atoms with Crippen molar-refractivity contribution in [3.8, 4) is 0 Å². The third-order valence-electron chi connectivity index (χ3n) is 2.86. The van der Waals surface area contributed by atoms with Crippen LogP contribution in [-0.4, -0.2) is 34.3 Å². The Morgan fingerprint density at radius 2 is 2.10 bits per heavy atom. The number of nitrogens with one attached hydrogen (secondary N) is 1. The lowest BCUT2D eigenvalue weighted by molar-refractivity contribution is -0.125. The quantitative estimate of drug-likeness (QED) is 0.806. The standard InChI is InChI=1S/C13H15N3O3S/c14-9-4-1-2-5-10(9)15-11(17)6-3-7-16-12(18)8-20-13(16)19/h1-2,4-5H,3,6-8,14H2,(H,15,17). The summed E-state index contributed by atoms with van der Waals surface area (Å²) in [5.74, 6) is -0.173. The van der Waals surface area contributed by atoms with E-state index in [1.165, 1.54) is 4.90 Å². The van der Waals surface area contributed by atoms with Crippen molar-refractivity contribution in [1.82, 2.24) is 4.90 Å². The molecular formula is C13H15N3O3S. The minimum atomic E-state index is -0.234. The number of nitrogen functional groups attached to an aromatic ring is 1. The van der Waals surface area contributed by atoms with Crippen molar-refractivity contribution < 1.29 is 14.4 Å². The second-order valence-electron chi connectivity index (χ2n) is 4.34. The Morgan fingerprint density at radius 3 is 2.75 bits per heavy atom. The fourth-order valence-corrected chi connectivity index (χ4v) is 2.57. The molecule has 1 heterocycles.